The molecule has 3 rings (SSSR count). The molecule has 0 aromatic heterocycles. The molecule has 2 heterocycles. The smallest absolute Gasteiger partial charge is 0.0144 e. The number of rotatable bonds is 3. The lowest BCUT2D eigenvalue weighted by molar-refractivity contribution is 1.15. The fourth-order valence-corrected chi connectivity index (χ4v) is 6.12. The molecule has 1 unspecified atom stereocenters. The molecule has 1 aromatic carbocycles. The van der Waals surface area contributed by atoms with E-state index in [-0.39, 0.29) is 0 Å². The Labute approximate surface area is 99.4 Å². The van der Waals surface area contributed by atoms with Crippen molar-refractivity contribution in [3.63, 3.8) is 0 Å². The standard InChI is InChI=1S/C15H18S/c1-12-4-3-5-14(8-12)6-7-16-10-13(2)9-15(16)11-16/h3-5,8-10H,6-7,11H2,1-2H3. The van der Waals surface area contributed by atoms with Gasteiger partial charge in [-0.1, -0.05) is 29.8 Å². The lowest BCUT2D eigenvalue weighted by Crippen LogP contribution is -1.93. The van der Waals surface area contributed by atoms with E-state index in [1.54, 1.807) is 4.91 Å². The van der Waals surface area contributed by atoms with Crippen LogP contribution in [-0.4, -0.2) is 11.5 Å². The summed E-state index contributed by atoms with van der Waals surface area (Å²) >= 11 is 0. The normalized spacial score (nSPS) is 30.1. The zero-order chi connectivity index (χ0) is 11.2. The van der Waals surface area contributed by atoms with Crippen molar-refractivity contribution in [3.05, 3.63) is 57.4 Å². The predicted octanol–water partition coefficient (Wildman–Crippen LogP) is 4.16. The van der Waals surface area contributed by atoms with E-state index >= 15 is 0 Å². The Hall–Kier alpha value is -0.950. The first-order valence-corrected chi connectivity index (χ1v) is 7.95. The van der Waals surface area contributed by atoms with Crippen LogP contribution in [-0.2, 0) is 6.42 Å². The molecule has 84 valence electrons. The average Bonchev–Trinajstić information content (AvgIpc) is 2.79. The van der Waals surface area contributed by atoms with E-state index in [4.69, 9.17) is 0 Å². The van der Waals surface area contributed by atoms with Gasteiger partial charge in [0, 0.05) is 5.75 Å². The van der Waals surface area contributed by atoms with Gasteiger partial charge in [0.15, 0.2) is 0 Å². The number of fused-ring (bicyclic) bond motifs is 1. The van der Waals surface area contributed by atoms with Crippen LogP contribution in [0.5, 0.6) is 0 Å². The molecule has 2 aliphatic rings. The van der Waals surface area contributed by atoms with Crippen molar-refractivity contribution in [2.24, 2.45) is 0 Å². The van der Waals surface area contributed by atoms with Crippen LogP contribution in [0.2, 0.25) is 0 Å². The molecule has 0 saturated carbocycles. The molecule has 2 aliphatic heterocycles. The Kier molecular flexibility index (Phi) is 2.25. The maximum absolute atomic E-state index is 2.55. The van der Waals surface area contributed by atoms with Gasteiger partial charge in [0.25, 0.3) is 0 Å². The number of allylic oxidation sites excluding steroid dienone is 2. The first-order valence-electron chi connectivity index (χ1n) is 5.91. The first-order chi connectivity index (χ1) is 7.68. The van der Waals surface area contributed by atoms with Crippen LogP contribution in [0.1, 0.15) is 18.1 Å². The molecular weight excluding hydrogens is 212 g/mol. The fourth-order valence-electron chi connectivity index (χ4n) is 2.57. The molecule has 1 saturated heterocycles. The second-order valence-electron chi connectivity index (χ2n) is 5.00. The summed E-state index contributed by atoms with van der Waals surface area (Å²) in [6, 6.07) is 8.95. The molecule has 16 heavy (non-hydrogen) atoms. The van der Waals surface area contributed by atoms with Gasteiger partial charge in [-0.15, -0.1) is 0 Å². The highest BCUT2D eigenvalue weighted by atomic mass is 32.3. The Morgan fingerprint density at radius 1 is 1.25 bits per heavy atom. The van der Waals surface area contributed by atoms with E-state index in [0.29, 0.717) is 0 Å². The molecule has 1 atom stereocenters. The lowest BCUT2D eigenvalue weighted by atomic mass is 10.1. The van der Waals surface area contributed by atoms with Crippen molar-refractivity contribution in [2.45, 2.75) is 20.3 Å². The Bertz CT molecular complexity index is 496. The number of aryl methyl sites for hydroxylation is 2. The minimum Gasteiger partial charge on any atom is -0.192 e. The second-order valence-corrected chi connectivity index (χ2v) is 8.35. The molecule has 1 fully saturated rings. The highest BCUT2D eigenvalue weighted by molar-refractivity contribution is 8.45. The quantitative estimate of drug-likeness (QED) is 0.684. The molecule has 0 aliphatic carbocycles. The molecule has 1 heteroatoms. The van der Waals surface area contributed by atoms with Crippen LogP contribution < -0.4 is 0 Å². The van der Waals surface area contributed by atoms with Crippen LogP contribution in [0.3, 0.4) is 0 Å². The van der Waals surface area contributed by atoms with Crippen LogP contribution in [0.15, 0.2) is 46.2 Å². The maximum Gasteiger partial charge on any atom is 0.0144 e. The third-order valence-corrected chi connectivity index (χ3v) is 7.01. The fraction of sp³-hybridized carbons (Fsp3) is 0.333. The van der Waals surface area contributed by atoms with Gasteiger partial charge in [-0.05, 0) is 53.5 Å². The molecule has 1 aromatic rings. The molecule has 0 bridgehead atoms. The number of hydrogen-bond donors (Lipinski definition) is 0. The van der Waals surface area contributed by atoms with E-state index in [0.717, 1.165) is 0 Å². The van der Waals surface area contributed by atoms with Crippen molar-refractivity contribution >= 4 is 10.0 Å². The predicted molar refractivity (Wildman–Crippen MR) is 74.0 cm³/mol. The summed E-state index contributed by atoms with van der Waals surface area (Å²) in [6.45, 7) is 4.41. The van der Waals surface area contributed by atoms with Crippen molar-refractivity contribution in [1.82, 2.24) is 0 Å². The zero-order valence-corrected chi connectivity index (χ0v) is 10.8. The van der Waals surface area contributed by atoms with Gasteiger partial charge in [-0.25, -0.2) is 0 Å². The number of hydrogen-bond acceptors (Lipinski definition) is 0. The van der Waals surface area contributed by atoms with Crippen molar-refractivity contribution in [1.29, 1.82) is 0 Å². The van der Waals surface area contributed by atoms with E-state index in [2.05, 4.69) is 49.6 Å². The van der Waals surface area contributed by atoms with Gasteiger partial charge in [-0.2, -0.15) is 10.0 Å². The summed E-state index contributed by atoms with van der Waals surface area (Å²) < 4.78 is 0. The summed E-state index contributed by atoms with van der Waals surface area (Å²) in [5, 5.41) is 2.55. The second kappa shape index (κ2) is 3.53. The van der Waals surface area contributed by atoms with Gasteiger partial charge in [0.2, 0.25) is 0 Å². The molecule has 0 amide bonds. The van der Waals surface area contributed by atoms with Gasteiger partial charge >= 0.3 is 0 Å². The van der Waals surface area contributed by atoms with Crippen LogP contribution in [0.4, 0.5) is 0 Å². The monoisotopic (exact) mass is 230 g/mol. The maximum atomic E-state index is 2.55. The summed E-state index contributed by atoms with van der Waals surface area (Å²) in [4.78, 5) is 1.75. The summed E-state index contributed by atoms with van der Waals surface area (Å²) in [7, 11) is -0.398. The van der Waals surface area contributed by atoms with Gasteiger partial charge in [-0.3, -0.25) is 0 Å². The van der Waals surface area contributed by atoms with Crippen LogP contribution in [0.25, 0.3) is 0 Å². The number of benzene rings is 1. The zero-order valence-electron chi connectivity index (χ0n) is 9.99. The summed E-state index contributed by atoms with van der Waals surface area (Å²) in [6.07, 6.45) is 3.66. The average molecular weight is 230 g/mol. The summed E-state index contributed by atoms with van der Waals surface area (Å²) in [5.41, 5.74) is 4.39. The van der Waals surface area contributed by atoms with E-state index in [1.165, 1.54) is 34.6 Å². The third kappa shape index (κ3) is 1.73. The Morgan fingerprint density at radius 2 is 2.12 bits per heavy atom. The molecule has 0 spiro atoms. The molecule has 0 N–H and O–H groups in total. The van der Waals surface area contributed by atoms with E-state index in [9.17, 15) is 0 Å². The Morgan fingerprint density at radius 3 is 2.81 bits per heavy atom. The highest BCUT2D eigenvalue weighted by Crippen LogP contribution is 2.76. The van der Waals surface area contributed by atoms with Gasteiger partial charge in [0.05, 0.1) is 0 Å². The SMILES string of the molecule is CC1=CS2(CCc3cccc(C)c3)CC2=C1. The van der Waals surface area contributed by atoms with Crippen LogP contribution >= 0.6 is 10.0 Å². The highest BCUT2D eigenvalue weighted by Gasteiger charge is 2.43. The van der Waals surface area contributed by atoms with Crippen molar-refractivity contribution in [3.8, 4) is 0 Å². The van der Waals surface area contributed by atoms with Gasteiger partial charge in [0.1, 0.15) is 0 Å². The van der Waals surface area contributed by atoms with E-state index in [1.807, 2.05) is 0 Å². The van der Waals surface area contributed by atoms with Crippen LogP contribution in [0, 0.1) is 6.92 Å². The molecular formula is C15H18S. The lowest BCUT2D eigenvalue weighted by Gasteiger charge is -2.13. The largest absolute Gasteiger partial charge is 0.192 e. The topological polar surface area (TPSA) is 0 Å². The van der Waals surface area contributed by atoms with E-state index < -0.39 is 10.0 Å². The van der Waals surface area contributed by atoms with Crippen molar-refractivity contribution < 1.29 is 0 Å². The van der Waals surface area contributed by atoms with Crippen molar-refractivity contribution in [2.75, 3.05) is 11.5 Å². The third-order valence-electron chi connectivity index (χ3n) is 3.47. The minimum absolute atomic E-state index is 0.398. The molecule has 0 radical (unpaired) electrons. The summed E-state index contributed by atoms with van der Waals surface area (Å²) in [5.74, 6) is 2.77. The van der Waals surface area contributed by atoms with Gasteiger partial charge < -0.3 is 0 Å². The minimum atomic E-state index is -0.398. The first kappa shape index (κ1) is 10.2. The Balaban J connectivity index is 1.69. The molecule has 0 nitrogen and oxygen atoms in total.